The summed E-state index contributed by atoms with van der Waals surface area (Å²) >= 11 is 0. The number of nitrogens with two attached hydrogens (primary N) is 1. The molecule has 5 aromatic rings. The van der Waals surface area contributed by atoms with Crippen LogP contribution in [0.4, 0.5) is 0 Å². The van der Waals surface area contributed by atoms with Gasteiger partial charge in [0, 0.05) is 11.4 Å². The van der Waals surface area contributed by atoms with Gasteiger partial charge < -0.3 is 11.1 Å². The molecule has 2 heteroatoms. The van der Waals surface area contributed by atoms with E-state index in [-0.39, 0.29) is 0 Å². The van der Waals surface area contributed by atoms with Crippen molar-refractivity contribution >= 4 is 38.0 Å². The maximum absolute atomic E-state index is 7.67. The lowest BCUT2D eigenvalue weighted by atomic mass is 9.91. The van der Waals surface area contributed by atoms with E-state index in [4.69, 9.17) is 11.1 Å². The molecular formula is C43H58N2. The molecule has 0 aliphatic heterocycles. The smallest absolute Gasteiger partial charge is 0.0313 e. The van der Waals surface area contributed by atoms with Crippen LogP contribution in [0.1, 0.15) is 84.4 Å². The van der Waals surface area contributed by atoms with Crippen molar-refractivity contribution < 1.29 is 0 Å². The van der Waals surface area contributed by atoms with E-state index in [0.29, 0.717) is 11.6 Å². The Kier molecular flexibility index (Phi) is 18.6. The summed E-state index contributed by atoms with van der Waals surface area (Å²) in [6.45, 7) is 20.6. The predicted molar refractivity (Wildman–Crippen MR) is 206 cm³/mol. The normalized spacial score (nSPS) is 11.3. The maximum Gasteiger partial charge on any atom is 0.0313 e. The minimum atomic E-state index is 0.502. The molecule has 240 valence electrons. The zero-order valence-electron chi connectivity index (χ0n) is 29.7. The predicted octanol–water partition coefficient (Wildman–Crippen LogP) is 13.1. The van der Waals surface area contributed by atoms with Crippen LogP contribution in [0.3, 0.4) is 0 Å². The molecule has 1 atom stereocenters. The fraction of sp³-hybridized carbons (Fsp3) is 0.326. The molecule has 5 aromatic carbocycles. The third-order valence-corrected chi connectivity index (χ3v) is 7.13. The second-order valence-corrected chi connectivity index (χ2v) is 11.1. The van der Waals surface area contributed by atoms with Crippen molar-refractivity contribution in [3.05, 3.63) is 132 Å². The molecular weight excluding hydrogens is 544 g/mol. The quantitative estimate of drug-likeness (QED) is 0.147. The van der Waals surface area contributed by atoms with Crippen molar-refractivity contribution in [2.75, 3.05) is 0 Å². The van der Waals surface area contributed by atoms with E-state index in [2.05, 4.69) is 107 Å². The molecule has 0 aliphatic carbocycles. The zero-order valence-corrected chi connectivity index (χ0v) is 29.7. The Labute approximate surface area is 274 Å². The SMILES string of the molecule is CC.CC.CC/C=C\C(=N)CC(C)C/C=C(/C)N.Cc1ccc2c(c1)c1ccccc1c1c(C)cccc21.Cc1ccccc1. The minimum absolute atomic E-state index is 0.502. The van der Waals surface area contributed by atoms with Crippen molar-refractivity contribution in [1.82, 2.24) is 0 Å². The number of benzene rings is 5. The molecule has 0 heterocycles. The topological polar surface area (TPSA) is 49.9 Å². The molecule has 0 saturated carbocycles. The second-order valence-electron chi connectivity index (χ2n) is 11.1. The lowest BCUT2D eigenvalue weighted by Crippen LogP contribution is -2.02. The number of allylic oxidation sites excluding steroid dienone is 4. The Morgan fingerprint density at radius 2 is 1.27 bits per heavy atom. The summed E-state index contributed by atoms with van der Waals surface area (Å²) < 4.78 is 0. The van der Waals surface area contributed by atoms with Crippen LogP contribution in [0.25, 0.3) is 32.3 Å². The molecule has 3 N–H and O–H groups in total. The zero-order chi connectivity index (χ0) is 33.8. The van der Waals surface area contributed by atoms with Crippen LogP contribution in [-0.2, 0) is 0 Å². The molecule has 0 aromatic heterocycles. The van der Waals surface area contributed by atoms with Gasteiger partial charge in [0.2, 0.25) is 0 Å². The number of nitrogens with one attached hydrogen (secondary N) is 1. The van der Waals surface area contributed by atoms with Crippen molar-refractivity contribution in [2.24, 2.45) is 11.7 Å². The third kappa shape index (κ3) is 12.8. The second kappa shape index (κ2) is 21.5. The molecule has 1 unspecified atom stereocenters. The van der Waals surface area contributed by atoms with Crippen molar-refractivity contribution in [2.45, 2.75) is 88.5 Å². The van der Waals surface area contributed by atoms with Gasteiger partial charge in [0.15, 0.2) is 0 Å². The van der Waals surface area contributed by atoms with E-state index in [9.17, 15) is 0 Å². The average molecular weight is 603 g/mol. The Balaban J connectivity index is 0.000000353. The highest BCUT2D eigenvalue weighted by atomic mass is 14.5. The van der Waals surface area contributed by atoms with Gasteiger partial charge in [-0.3, -0.25) is 0 Å². The summed E-state index contributed by atoms with van der Waals surface area (Å²) in [6, 6.07) is 32.4. The molecule has 45 heavy (non-hydrogen) atoms. The van der Waals surface area contributed by atoms with Gasteiger partial charge in [0.25, 0.3) is 0 Å². The van der Waals surface area contributed by atoms with Gasteiger partial charge in [-0.05, 0) is 96.8 Å². The molecule has 5 rings (SSSR count). The lowest BCUT2D eigenvalue weighted by Gasteiger charge is -2.12. The van der Waals surface area contributed by atoms with Gasteiger partial charge in [0.05, 0.1) is 0 Å². The summed E-state index contributed by atoms with van der Waals surface area (Å²) in [7, 11) is 0. The number of hydrogen-bond acceptors (Lipinski definition) is 2. The van der Waals surface area contributed by atoms with Gasteiger partial charge in [-0.2, -0.15) is 0 Å². The first kappa shape index (κ1) is 38.9. The summed E-state index contributed by atoms with van der Waals surface area (Å²) in [5.41, 5.74) is 11.1. The van der Waals surface area contributed by atoms with Gasteiger partial charge in [-0.1, -0.05) is 156 Å². The van der Waals surface area contributed by atoms with E-state index in [1.807, 2.05) is 71.0 Å². The van der Waals surface area contributed by atoms with E-state index in [0.717, 1.165) is 25.0 Å². The van der Waals surface area contributed by atoms with Crippen LogP contribution in [0.15, 0.2) is 115 Å². The fourth-order valence-corrected chi connectivity index (χ4v) is 5.01. The van der Waals surface area contributed by atoms with Gasteiger partial charge in [-0.25, -0.2) is 0 Å². The van der Waals surface area contributed by atoms with Gasteiger partial charge in [-0.15, -0.1) is 0 Å². The van der Waals surface area contributed by atoms with Gasteiger partial charge >= 0.3 is 0 Å². The number of aryl methyl sites for hydroxylation is 3. The Morgan fingerprint density at radius 3 is 1.82 bits per heavy atom. The first-order valence-electron chi connectivity index (χ1n) is 16.7. The Morgan fingerprint density at radius 1 is 0.711 bits per heavy atom. The molecule has 0 fully saturated rings. The van der Waals surface area contributed by atoms with E-state index in [1.165, 1.54) is 49.0 Å². The molecule has 0 radical (unpaired) electrons. The molecule has 0 bridgehead atoms. The van der Waals surface area contributed by atoms with E-state index < -0.39 is 0 Å². The molecule has 0 amide bonds. The van der Waals surface area contributed by atoms with Crippen LogP contribution in [0.5, 0.6) is 0 Å². The highest BCUT2D eigenvalue weighted by Gasteiger charge is 2.09. The minimum Gasteiger partial charge on any atom is -0.403 e. The monoisotopic (exact) mass is 602 g/mol. The number of rotatable bonds is 6. The Bertz CT molecular complexity index is 1600. The fourth-order valence-electron chi connectivity index (χ4n) is 5.01. The molecule has 0 saturated heterocycles. The molecule has 2 nitrogen and oxygen atoms in total. The maximum atomic E-state index is 7.67. The Hall–Kier alpha value is -4.17. The first-order chi connectivity index (χ1) is 21.7. The van der Waals surface area contributed by atoms with Crippen molar-refractivity contribution in [1.29, 1.82) is 5.41 Å². The molecule has 0 aliphatic rings. The highest BCUT2D eigenvalue weighted by molar-refractivity contribution is 6.26. The van der Waals surface area contributed by atoms with Crippen molar-refractivity contribution in [3.8, 4) is 0 Å². The van der Waals surface area contributed by atoms with Crippen LogP contribution in [0.2, 0.25) is 0 Å². The van der Waals surface area contributed by atoms with E-state index >= 15 is 0 Å². The summed E-state index contributed by atoms with van der Waals surface area (Å²) in [5, 5.41) is 15.8. The van der Waals surface area contributed by atoms with Crippen LogP contribution >= 0.6 is 0 Å². The largest absolute Gasteiger partial charge is 0.403 e. The van der Waals surface area contributed by atoms with Crippen molar-refractivity contribution in [3.63, 3.8) is 0 Å². The van der Waals surface area contributed by atoms with E-state index in [1.54, 1.807) is 0 Å². The highest BCUT2D eigenvalue weighted by Crippen LogP contribution is 2.36. The van der Waals surface area contributed by atoms with Crippen LogP contribution in [-0.4, -0.2) is 5.71 Å². The average Bonchev–Trinajstić information content (AvgIpc) is 3.05. The van der Waals surface area contributed by atoms with Crippen LogP contribution in [0, 0.1) is 32.1 Å². The van der Waals surface area contributed by atoms with Gasteiger partial charge in [0.1, 0.15) is 0 Å². The van der Waals surface area contributed by atoms with Crippen LogP contribution < -0.4 is 5.73 Å². The standard InChI is InChI=1S/C20H16.C12H22N2.C7H8.2C2H6/c1-13-10-11-16-18-9-5-6-14(2)20(18)17-8-4-3-7-15(17)19(16)12-13;1-4-5-6-12(14)9-10(2)7-8-11(3)13;1-7-5-3-2-4-6-7;2*1-2/h3-12H,1-2H3;5-6,8,10,14H,4,7,9,13H2,1-3H3;2-6H,1H3;2*1-2H3/b;6-5-,11-8-,14-12?;;;. The number of hydrogen-bond donors (Lipinski definition) is 2. The number of fused-ring (bicyclic) bond motifs is 6. The summed E-state index contributed by atoms with van der Waals surface area (Å²) in [6.07, 6.45) is 8.75. The summed E-state index contributed by atoms with van der Waals surface area (Å²) in [4.78, 5) is 0. The summed E-state index contributed by atoms with van der Waals surface area (Å²) in [5.74, 6) is 0.502. The molecule has 0 spiro atoms. The third-order valence-electron chi connectivity index (χ3n) is 7.13. The lowest BCUT2D eigenvalue weighted by molar-refractivity contribution is 0.617. The first-order valence-corrected chi connectivity index (χ1v) is 16.7.